The van der Waals surface area contributed by atoms with Crippen LogP contribution in [-0.4, -0.2) is 49.2 Å². The van der Waals surface area contributed by atoms with Gasteiger partial charge in [0.25, 0.3) is 5.69 Å². The standard InChI is InChI=1S/C22H29N3O4S/c1-23(2)20-10-8-19(9-11-20)17-24(16-18-6-4-3-5-7-18)30(28,29)22-14-12-21(13-15-22)25(26)27/h3-7,12-15,19-20H,8-11,16-17H2,1-2H3. The third-order valence-corrected chi connectivity index (χ3v) is 7.72. The fraction of sp³-hybridized carbons (Fsp3) is 0.455. The van der Waals surface area contributed by atoms with Crippen molar-refractivity contribution in [3.8, 4) is 0 Å². The molecule has 0 aromatic heterocycles. The summed E-state index contributed by atoms with van der Waals surface area (Å²) in [6, 6.07) is 15.2. The van der Waals surface area contributed by atoms with Crippen molar-refractivity contribution >= 4 is 15.7 Å². The molecule has 162 valence electrons. The zero-order chi connectivity index (χ0) is 21.7. The first-order valence-electron chi connectivity index (χ1n) is 10.2. The maximum atomic E-state index is 13.4. The molecule has 2 aromatic rings. The van der Waals surface area contributed by atoms with Crippen LogP contribution in [0.1, 0.15) is 31.2 Å². The second kappa shape index (κ2) is 9.68. The Morgan fingerprint density at radius 1 is 0.967 bits per heavy atom. The summed E-state index contributed by atoms with van der Waals surface area (Å²) in [5.41, 5.74) is 0.801. The van der Waals surface area contributed by atoms with Gasteiger partial charge >= 0.3 is 0 Å². The summed E-state index contributed by atoms with van der Waals surface area (Å²) in [4.78, 5) is 12.7. The van der Waals surface area contributed by atoms with Gasteiger partial charge in [0.05, 0.1) is 9.82 Å². The Kier molecular flexibility index (Phi) is 7.23. The van der Waals surface area contributed by atoms with Gasteiger partial charge in [-0.15, -0.1) is 0 Å². The molecule has 8 heteroatoms. The predicted molar refractivity (Wildman–Crippen MR) is 117 cm³/mol. The van der Waals surface area contributed by atoms with Crippen LogP contribution in [0.3, 0.4) is 0 Å². The van der Waals surface area contributed by atoms with E-state index in [9.17, 15) is 18.5 Å². The molecule has 0 N–H and O–H groups in total. The van der Waals surface area contributed by atoms with Crippen LogP contribution in [-0.2, 0) is 16.6 Å². The van der Waals surface area contributed by atoms with Crippen LogP contribution in [0.25, 0.3) is 0 Å². The minimum absolute atomic E-state index is 0.0889. The Morgan fingerprint density at radius 3 is 2.10 bits per heavy atom. The van der Waals surface area contributed by atoms with Crippen molar-refractivity contribution in [3.05, 3.63) is 70.3 Å². The zero-order valence-electron chi connectivity index (χ0n) is 17.5. The highest BCUT2D eigenvalue weighted by Crippen LogP contribution is 2.30. The van der Waals surface area contributed by atoms with Gasteiger partial charge < -0.3 is 4.90 Å². The van der Waals surface area contributed by atoms with Crippen molar-refractivity contribution < 1.29 is 13.3 Å². The van der Waals surface area contributed by atoms with Crippen molar-refractivity contribution in [3.63, 3.8) is 0 Å². The van der Waals surface area contributed by atoms with E-state index < -0.39 is 14.9 Å². The number of non-ortho nitro benzene ring substituents is 1. The number of nitro groups is 1. The van der Waals surface area contributed by atoms with Crippen molar-refractivity contribution in [2.24, 2.45) is 5.92 Å². The normalized spacial score (nSPS) is 19.9. The number of nitrogens with zero attached hydrogens (tertiary/aromatic N) is 3. The first kappa shape index (κ1) is 22.4. The molecule has 1 saturated carbocycles. The van der Waals surface area contributed by atoms with Crippen LogP contribution in [0.4, 0.5) is 5.69 Å². The Balaban J connectivity index is 1.82. The summed E-state index contributed by atoms with van der Waals surface area (Å²) >= 11 is 0. The second-order valence-electron chi connectivity index (χ2n) is 8.17. The lowest BCUT2D eigenvalue weighted by atomic mass is 9.85. The largest absolute Gasteiger partial charge is 0.306 e. The molecule has 0 atom stereocenters. The summed E-state index contributed by atoms with van der Waals surface area (Å²) in [7, 11) is 0.407. The van der Waals surface area contributed by atoms with Crippen molar-refractivity contribution in [2.75, 3.05) is 20.6 Å². The quantitative estimate of drug-likeness (QED) is 0.467. The van der Waals surface area contributed by atoms with E-state index in [1.165, 1.54) is 28.6 Å². The first-order chi connectivity index (χ1) is 14.3. The van der Waals surface area contributed by atoms with Crippen molar-refractivity contribution in [2.45, 2.75) is 43.2 Å². The Morgan fingerprint density at radius 2 is 1.57 bits per heavy atom. The SMILES string of the molecule is CN(C)C1CCC(CN(Cc2ccccc2)S(=O)(=O)c2ccc([N+](=O)[O-])cc2)CC1. The minimum Gasteiger partial charge on any atom is -0.306 e. The summed E-state index contributed by atoms with van der Waals surface area (Å²) in [5.74, 6) is 0.303. The Hall–Kier alpha value is -2.29. The van der Waals surface area contributed by atoms with Gasteiger partial charge in [0.2, 0.25) is 10.0 Å². The van der Waals surface area contributed by atoms with E-state index in [1.54, 1.807) is 0 Å². The molecular formula is C22H29N3O4S. The highest BCUT2D eigenvalue weighted by molar-refractivity contribution is 7.89. The van der Waals surface area contributed by atoms with Crippen LogP contribution >= 0.6 is 0 Å². The molecule has 0 saturated heterocycles. The molecule has 30 heavy (non-hydrogen) atoms. The number of hydrogen-bond donors (Lipinski definition) is 0. The van der Waals surface area contributed by atoms with E-state index in [0.29, 0.717) is 18.5 Å². The molecule has 0 radical (unpaired) electrons. The molecule has 7 nitrogen and oxygen atoms in total. The van der Waals surface area contributed by atoms with Gasteiger partial charge in [-0.3, -0.25) is 10.1 Å². The van der Waals surface area contributed by atoms with Crippen LogP contribution in [0.15, 0.2) is 59.5 Å². The molecule has 2 aromatic carbocycles. The number of nitro benzene ring substituents is 1. The fourth-order valence-electron chi connectivity index (χ4n) is 4.06. The van der Waals surface area contributed by atoms with Gasteiger partial charge in [0, 0.05) is 31.3 Å². The molecule has 0 aliphatic heterocycles. The van der Waals surface area contributed by atoms with E-state index in [2.05, 4.69) is 19.0 Å². The van der Waals surface area contributed by atoms with E-state index in [4.69, 9.17) is 0 Å². The van der Waals surface area contributed by atoms with E-state index in [1.807, 2.05) is 30.3 Å². The molecule has 1 aliphatic rings. The number of hydrogen-bond acceptors (Lipinski definition) is 5. The molecular weight excluding hydrogens is 402 g/mol. The van der Waals surface area contributed by atoms with Gasteiger partial charge in [0.15, 0.2) is 0 Å². The summed E-state index contributed by atoms with van der Waals surface area (Å²) in [6.45, 7) is 0.738. The molecule has 0 bridgehead atoms. The topological polar surface area (TPSA) is 83.8 Å². The second-order valence-corrected chi connectivity index (χ2v) is 10.1. The Labute approximate surface area is 178 Å². The van der Waals surface area contributed by atoms with Crippen LogP contribution in [0, 0.1) is 16.0 Å². The van der Waals surface area contributed by atoms with Crippen molar-refractivity contribution in [1.82, 2.24) is 9.21 Å². The molecule has 0 heterocycles. The Bertz CT molecular complexity index is 938. The predicted octanol–water partition coefficient (Wildman–Crippen LogP) is 3.91. The third kappa shape index (κ3) is 5.44. The molecule has 0 spiro atoms. The smallest absolute Gasteiger partial charge is 0.269 e. The highest BCUT2D eigenvalue weighted by atomic mass is 32.2. The van der Waals surface area contributed by atoms with Crippen LogP contribution < -0.4 is 0 Å². The van der Waals surface area contributed by atoms with Gasteiger partial charge in [-0.25, -0.2) is 8.42 Å². The first-order valence-corrected chi connectivity index (χ1v) is 11.7. The summed E-state index contributed by atoms with van der Waals surface area (Å²) in [5, 5.41) is 10.9. The number of sulfonamides is 1. The summed E-state index contributed by atoms with van der Waals surface area (Å²) in [6.07, 6.45) is 4.11. The van der Waals surface area contributed by atoms with Crippen LogP contribution in [0.5, 0.6) is 0 Å². The molecule has 0 amide bonds. The number of benzene rings is 2. The van der Waals surface area contributed by atoms with Crippen molar-refractivity contribution in [1.29, 1.82) is 0 Å². The highest BCUT2D eigenvalue weighted by Gasteiger charge is 2.30. The lowest BCUT2D eigenvalue weighted by Gasteiger charge is -2.35. The molecule has 3 rings (SSSR count). The maximum Gasteiger partial charge on any atom is 0.269 e. The third-order valence-electron chi connectivity index (χ3n) is 5.90. The summed E-state index contributed by atoms with van der Waals surface area (Å²) < 4.78 is 28.4. The van der Waals surface area contributed by atoms with E-state index >= 15 is 0 Å². The van der Waals surface area contributed by atoms with Gasteiger partial charge in [0.1, 0.15) is 0 Å². The number of rotatable bonds is 8. The van der Waals surface area contributed by atoms with E-state index in [-0.39, 0.29) is 17.1 Å². The lowest BCUT2D eigenvalue weighted by molar-refractivity contribution is -0.384. The zero-order valence-corrected chi connectivity index (χ0v) is 18.3. The average Bonchev–Trinajstić information content (AvgIpc) is 2.74. The van der Waals surface area contributed by atoms with Gasteiger partial charge in [-0.05, 0) is 63.4 Å². The van der Waals surface area contributed by atoms with E-state index in [0.717, 1.165) is 31.2 Å². The lowest BCUT2D eigenvalue weighted by Crippen LogP contribution is -2.38. The molecule has 0 unspecified atom stereocenters. The monoisotopic (exact) mass is 431 g/mol. The fourth-order valence-corrected chi connectivity index (χ4v) is 5.56. The van der Waals surface area contributed by atoms with Crippen LogP contribution in [0.2, 0.25) is 0 Å². The average molecular weight is 432 g/mol. The maximum absolute atomic E-state index is 13.4. The minimum atomic E-state index is -3.77. The molecule has 1 aliphatic carbocycles. The van der Waals surface area contributed by atoms with Gasteiger partial charge in [-0.1, -0.05) is 30.3 Å². The molecule has 1 fully saturated rings. The van der Waals surface area contributed by atoms with Gasteiger partial charge in [-0.2, -0.15) is 4.31 Å².